The van der Waals surface area contributed by atoms with Gasteiger partial charge in [0.25, 0.3) is 0 Å². The van der Waals surface area contributed by atoms with Crippen LogP contribution in [0.3, 0.4) is 0 Å². The molecule has 4 heteroatoms. The summed E-state index contributed by atoms with van der Waals surface area (Å²) in [6.07, 6.45) is 0. The van der Waals surface area contributed by atoms with E-state index in [1.807, 2.05) is 27.1 Å². The van der Waals surface area contributed by atoms with Gasteiger partial charge in [-0.15, -0.1) is 0 Å². The second kappa shape index (κ2) is 7.34. The summed E-state index contributed by atoms with van der Waals surface area (Å²) in [6, 6.07) is 4.59. The zero-order chi connectivity index (χ0) is 13.5. The lowest BCUT2D eigenvalue weighted by atomic mass is 10.2. The summed E-state index contributed by atoms with van der Waals surface area (Å²) in [4.78, 5) is 6.48. The van der Waals surface area contributed by atoms with E-state index in [4.69, 9.17) is 4.74 Å². The molecule has 0 saturated heterocycles. The highest BCUT2D eigenvalue weighted by Gasteiger charge is 2.02. The van der Waals surface area contributed by atoms with Crippen LogP contribution in [0.2, 0.25) is 0 Å². The van der Waals surface area contributed by atoms with Crippen molar-refractivity contribution in [3.63, 3.8) is 0 Å². The van der Waals surface area contributed by atoms with Crippen molar-refractivity contribution in [1.29, 1.82) is 0 Å². The summed E-state index contributed by atoms with van der Waals surface area (Å²) in [5.74, 6) is 0.720. The van der Waals surface area contributed by atoms with Crippen molar-refractivity contribution in [3.05, 3.63) is 23.4 Å². The molecule has 4 nitrogen and oxygen atoms in total. The zero-order valence-electron chi connectivity index (χ0n) is 12.2. The maximum Gasteiger partial charge on any atom is 0.213 e. The third-order valence-corrected chi connectivity index (χ3v) is 2.49. The highest BCUT2D eigenvalue weighted by atomic mass is 16.5. The Hall–Kier alpha value is -1.13. The molecule has 1 rings (SSSR count). The number of likely N-dealkylation sites (N-methyl/N-ethyl adjacent to an activating group) is 1. The van der Waals surface area contributed by atoms with Crippen LogP contribution in [0.15, 0.2) is 12.1 Å². The van der Waals surface area contributed by atoms with Gasteiger partial charge in [0.2, 0.25) is 5.88 Å². The van der Waals surface area contributed by atoms with Gasteiger partial charge in [0.05, 0.1) is 0 Å². The molecule has 0 saturated carbocycles. The van der Waals surface area contributed by atoms with Gasteiger partial charge < -0.3 is 15.0 Å². The van der Waals surface area contributed by atoms with Gasteiger partial charge in [-0.3, -0.25) is 0 Å². The molecule has 1 aromatic rings. The van der Waals surface area contributed by atoms with Crippen LogP contribution in [0.1, 0.15) is 25.1 Å². The first-order valence-corrected chi connectivity index (χ1v) is 6.46. The molecule has 0 spiro atoms. The number of nitrogens with one attached hydrogen (secondary N) is 1. The van der Waals surface area contributed by atoms with Crippen molar-refractivity contribution < 1.29 is 4.74 Å². The molecule has 1 aromatic heterocycles. The summed E-state index contributed by atoms with van der Waals surface area (Å²) in [7, 11) is 4.07. The number of hydrogen-bond acceptors (Lipinski definition) is 4. The minimum absolute atomic E-state index is 0.483. The molecule has 0 aromatic carbocycles. The maximum absolute atomic E-state index is 5.66. The summed E-state index contributed by atoms with van der Waals surface area (Å²) < 4.78 is 5.66. The molecule has 0 aliphatic heterocycles. The van der Waals surface area contributed by atoms with Crippen LogP contribution < -0.4 is 10.1 Å². The van der Waals surface area contributed by atoms with Gasteiger partial charge in [-0.05, 0) is 32.6 Å². The fourth-order valence-electron chi connectivity index (χ4n) is 1.54. The Bertz CT molecular complexity index is 364. The number of hydrogen-bond donors (Lipinski definition) is 1. The third kappa shape index (κ3) is 5.98. The van der Waals surface area contributed by atoms with Crippen molar-refractivity contribution in [3.8, 4) is 5.88 Å². The van der Waals surface area contributed by atoms with Gasteiger partial charge in [0.1, 0.15) is 6.61 Å². The molecule has 18 heavy (non-hydrogen) atoms. The monoisotopic (exact) mass is 251 g/mol. The van der Waals surface area contributed by atoms with Crippen molar-refractivity contribution >= 4 is 0 Å². The second-order valence-electron chi connectivity index (χ2n) is 5.14. The first kappa shape index (κ1) is 14.9. The van der Waals surface area contributed by atoms with Crippen LogP contribution in [-0.2, 0) is 6.54 Å². The molecule has 0 aliphatic carbocycles. The fourth-order valence-corrected chi connectivity index (χ4v) is 1.54. The van der Waals surface area contributed by atoms with Crippen LogP contribution >= 0.6 is 0 Å². The van der Waals surface area contributed by atoms with Crippen LogP contribution in [-0.4, -0.2) is 43.2 Å². The minimum atomic E-state index is 0.483. The number of rotatable bonds is 7. The lowest BCUT2D eigenvalue weighted by Gasteiger charge is -2.13. The van der Waals surface area contributed by atoms with E-state index in [-0.39, 0.29) is 0 Å². The molecule has 1 N–H and O–H groups in total. The molecular weight excluding hydrogens is 226 g/mol. The standard InChI is InChI=1S/C14H25N3O/c1-11(2)15-10-13-8-12(3)16-14(9-13)18-7-6-17(4)5/h8-9,11,15H,6-7,10H2,1-5H3. The van der Waals surface area contributed by atoms with Gasteiger partial charge in [-0.1, -0.05) is 13.8 Å². The number of pyridine rings is 1. The minimum Gasteiger partial charge on any atom is -0.476 e. The van der Waals surface area contributed by atoms with Crippen molar-refractivity contribution in [2.24, 2.45) is 0 Å². The van der Waals surface area contributed by atoms with Crippen LogP contribution in [0.4, 0.5) is 0 Å². The molecular formula is C14H25N3O. The molecule has 0 radical (unpaired) electrons. The lowest BCUT2D eigenvalue weighted by molar-refractivity contribution is 0.253. The Balaban J connectivity index is 2.57. The largest absolute Gasteiger partial charge is 0.476 e. The summed E-state index contributed by atoms with van der Waals surface area (Å²) in [5, 5.41) is 3.40. The molecule has 0 bridgehead atoms. The van der Waals surface area contributed by atoms with E-state index in [9.17, 15) is 0 Å². The van der Waals surface area contributed by atoms with Crippen molar-refractivity contribution in [2.75, 3.05) is 27.2 Å². The van der Waals surface area contributed by atoms with Gasteiger partial charge in [0.15, 0.2) is 0 Å². The van der Waals surface area contributed by atoms with E-state index in [0.29, 0.717) is 12.6 Å². The molecule has 0 fully saturated rings. The van der Waals surface area contributed by atoms with Crippen molar-refractivity contribution in [1.82, 2.24) is 15.2 Å². The first-order chi connectivity index (χ1) is 8.47. The van der Waals surface area contributed by atoms with E-state index in [0.717, 1.165) is 24.7 Å². The first-order valence-electron chi connectivity index (χ1n) is 6.46. The average Bonchev–Trinajstić information content (AvgIpc) is 2.25. The predicted octanol–water partition coefficient (Wildman–Crippen LogP) is 1.83. The fraction of sp³-hybridized carbons (Fsp3) is 0.643. The van der Waals surface area contributed by atoms with Crippen LogP contribution in [0, 0.1) is 6.92 Å². The van der Waals surface area contributed by atoms with E-state index in [2.05, 4.69) is 35.1 Å². The topological polar surface area (TPSA) is 37.4 Å². The van der Waals surface area contributed by atoms with E-state index < -0.39 is 0 Å². The van der Waals surface area contributed by atoms with Gasteiger partial charge in [-0.25, -0.2) is 4.98 Å². The Morgan fingerprint density at radius 3 is 2.67 bits per heavy atom. The van der Waals surface area contributed by atoms with Gasteiger partial charge in [0, 0.05) is 30.9 Å². The molecule has 102 valence electrons. The van der Waals surface area contributed by atoms with Crippen LogP contribution in [0.25, 0.3) is 0 Å². The average molecular weight is 251 g/mol. The van der Waals surface area contributed by atoms with Gasteiger partial charge in [-0.2, -0.15) is 0 Å². The maximum atomic E-state index is 5.66. The second-order valence-corrected chi connectivity index (χ2v) is 5.14. The Morgan fingerprint density at radius 2 is 2.06 bits per heavy atom. The number of ether oxygens (including phenoxy) is 1. The molecule has 1 heterocycles. The summed E-state index contributed by atoms with van der Waals surface area (Å²) in [5.41, 5.74) is 2.22. The molecule has 0 atom stereocenters. The highest BCUT2D eigenvalue weighted by Crippen LogP contribution is 2.12. The Labute approximate surface area is 110 Å². The number of nitrogens with zero attached hydrogens (tertiary/aromatic N) is 2. The zero-order valence-corrected chi connectivity index (χ0v) is 12.2. The quantitative estimate of drug-likeness (QED) is 0.802. The molecule has 0 aliphatic rings. The number of aryl methyl sites for hydroxylation is 1. The van der Waals surface area contributed by atoms with E-state index in [1.54, 1.807) is 0 Å². The molecule has 0 amide bonds. The molecule has 0 unspecified atom stereocenters. The predicted molar refractivity (Wildman–Crippen MR) is 75.0 cm³/mol. The van der Waals surface area contributed by atoms with Gasteiger partial charge >= 0.3 is 0 Å². The lowest BCUT2D eigenvalue weighted by Crippen LogP contribution is -2.22. The van der Waals surface area contributed by atoms with E-state index >= 15 is 0 Å². The third-order valence-electron chi connectivity index (χ3n) is 2.49. The smallest absolute Gasteiger partial charge is 0.213 e. The normalized spacial score (nSPS) is 11.3. The van der Waals surface area contributed by atoms with E-state index in [1.165, 1.54) is 5.56 Å². The van der Waals surface area contributed by atoms with Crippen LogP contribution in [0.5, 0.6) is 5.88 Å². The summed E-state index contributed by atoms with van der Waals surface area (Å²) in [6.45, 7) is 8.70. The Kier molecular flexibility index (Phi) is 6.09. The van der Waals surface area contributed by atoms with Crippen molar-refractivity contribution in [2.45, 2.75) is 33.4 Å². The number of aromatic nitrogens is 1. The SMILES string of the molecule is Cc1cc(CNC(C)C)cc(OCCN(C)C)n1. The Morgan fingerprint density at radius 1 is 1.33 bits per heavy atom. The highest BCUT2D eigenvalue weighted by molar-refractivity contribution is 5.24. The summed E-state index contributed by atoms with van der Waals surface area (Å²) >= 11 is 0.